The van der Waals surface area contributed by atoms with Crippen LogP contribution in [-0.4, -0.2) is 28.2 Å². The lowest BCUT2D eigenvalue weighted by Crippen LogP contribution is -2.49. The summed E-state index contributed by atoms with van der Waals surface area (Å²) in [5.74, 6) is -0.420. The summed E-state index contributed by atoms with van der Waals surface area (Å²) in [6, 6.07) is 13.8. The molecule has 10 heteroatoms. The number of nitrogens with one attached hydrogen (secondary N) is 3. The van der Waals surface area contributed by atoms with E-state index in [2.05, 4.69) is 58.0 Å². The maximum Gasteiger partial charge on any atom is 0.319 e. The molecule has 2 unspecified atom stereocenters. The maximum absolute atomic E-state index is 12.9. The molecule has 0 aliphatic carbocycles. The van der Waals surface area contributed by atoms with E-state index in [-0.39, 0.29) is 11.8 Å². The number of hydrogen-bond acceptors (Lipinski definition) is 5. The topological polar surface area (TPSA) is 96.0 Å². The first-order valence-corrected chi connectivity index (χ1v) is 12.0. The minimum atomic E-state index is -0.731. The third kappa shape index (κ3) is 6.34. The smallest absolute Gasteiger partial charge is 0.319 e. The Morgan fingerprint density at radius 3 is 2.55 bits per heavy atom. The second-order valence-electron chi connectivity index (χ2n) is 6.85. The second kappa shape index (κ2) is 10.8. The molecular weight excluding hydrogens is 546 g/mol. The highest BCUT2D eigenvalue weighted by Gasteiger charge is 2.27. The highest BCUT2D eigenvalue weighted by molar-refractivity contribution is 9.10. The number of hydrogen-bond donors (Lipinski definition) is 3. The summed E-state index contributed by atoms with van der Waals surface area (Å²) in [6.45, 7) is 3.88. The quantitative estimate of drug-likeness (QED) is 0.331. The molecule has 0 bridgehead atoms. The van der Waals surface area contributed by atoms with E-state index in [9.17, 15) is 9.59 Å². The zero-order valence-electron chi connectivity index (χ0n) is 16.9. The predicted octanol–water partition coefficient (Wildman–Crippen LogP) is 5.91. The number of carbonyl (C=O) groups excluding carboxylic acids is 2. The van der Waals surface area contributed by atoms with Gasteiger partial charge in [0.2, 0.25) is 11.0 Å². The molecule has 0 spiro atoms. The van der Waals surface area contributed by atoms with Gasteiger partial charge in [-0.1, -0.05) is 71.8 Å². The first-order chi connectivity index (χ1) is 14.9. The molecule has 7 nitrogen and oxygen atoms in total. The molecule has 3 rings (SSSR count). The molecule has 3 N–H and O–H groups in total. The highest BCUT2D eigenvalue weighted by atomic mass is 79.9. The average Bonchev–Trinajstić information content (AvgIpc) is 3.21. The van der Waals surface area contributed by atoms with Gasteiger partial charge in [0.05, 0.1) is 5.69 Å². The molecule has 2 aromatic carbocycles. The van der Waals surface area contributed by atoms with Crippen LogP contribution in [0.25, 0.3) is 10.6 Å². The van der Waals surface area contributed by atoms with E-state index < -0.39 is 12.1 Å². The van der Waals surface area contributed by atoms with E-state index in [0.29, 0.717) is 22.2 Å². The second-order valence-corrected chi connectivity index (χ2v) is 9.60. The Hall–Kier alpha value is -2.30. The summed E-state index contributed by atoms with van der Waals surface area (Å²) in [6.07, 6.45) is 0.715. The standard InChI is InChI=1S/C21H21Br2N5O2S/c1-3-12(2)17(25-20(30)24-16-10-5-4-9-15(16)23)18(29)26-21-28-27-19(31-21)13-7-6-8-14(22)11-13/h4-12,17H,3H2,1-2H3,(H2,24,25,30)(H,26,28,29). The Balaban J connectivity index is 1.69. The highest BCUT2D eigenvalue weighted by Crippen LogP contribution is 2.28. The molecule has 0 saturated carbocycles. The lowest BCUT2D eigenvalue weighted by Gasteiger charge is -2.23. The number of para-hydroxylation sites is 1. The molecule has 1 aromatic heterocycles. The number of urea groups is 1. The summed E-state index contributed by atoms with van der Waals surface area (Å²) in [4.78, 5) is 25.5. The number of aromatic nitrogens is 2. The van der Waals surface area contributed by atoms with Gasteiger partial charge in [-0.25, -0.2) is 4.79 Å². The fraction of sp³-hybridized carbons (Fsp3) is 0.238. The van der Waals surface area contributed by atoms with Crippen LogP contribution in [0.4, 0.5) is 15.6 Å². The Morgan fingerprint density at radius 2 is 1.84 bits per heavy atom. The van der Waals surface area contributed by atoms with Crippen molar-refractivity contribution in [2.75, 3.05) is 10.6 Å². The summed E-state index contributed by atoms with van der Waals surface area (Å²) in [7, 11) is 0. The van der Waals surface area contributed by atoms with Crippen LogP contribution in [0.3, 0.4) is 0 Å². The first-order valence-electron chi connectivity index (χ1n) is 9.59. The Kier molecular flexibility index (Phi) is 8.16. The molecule has 1 heterocycles. The Labute approximate surface area is 201 Å². The molecule has 0 fully saturated rings. The van der Waals surface area contributed by atoms with Crippen molar-refractivity contribution in [3.63, 3.8) is 0 Å². The summed E-state index contributed by atoms with van der Waals surface area (Å²) < 4.78 is 1.69. The monoisotopic (exact) mass is 565 g/mol. The van der Waals surface area contributed by atoms with E-state index in [4.69, 9.17) is 0 Å². The van der Waals surface area contributed by atoms with Crippen molar-refractivity contribution in [3.8, 4) is 10.6 Å². The lowest BCUT2D eigenvalue weighted by molar-refractivity contribution is -0.119. The van der Waals surface area contributed by atoms with Crippen molar-refractivity contribution >= 4 is 66.0 Å². The lowest BCUT2D eigenvalue weighted by atomic mass is 9.98. The first kappa shape index (κ1) is 23.4. The number of amides is 3. The van der Waals surface area contributed by atoms with Gasteiger partial charge in [0.1, 0.15) is 11.0 Å². The molecule has 0 aliphatic heterocycles. The fourth-order valence-corrected chi connectivity index (χ4v) is 4.29. The third-order valence-electron chi connectivity index (χ3n) is 4.63. The van der Waals surface area contributed by atoms with E-state index in [1.54, 1.807) is 6.07 Å². The Bertz CT molecular complexity index is 1080. The molecule has 3 aromatic rings. The number of halogens is 2. The SMILES string of the molecule is CCC(C)C(NC(=O)Nc1ccccc1Br)C(=O)Nc1nnc(-c2cccc(Br)c2)s1. The van der Waals surface area contributed by atoms with Crippen molar-refractivity contribution in [1.82, 2.24) is 15.5 Å². The van der Waals surface area contributed by atoms with E-state index in [1.807, 2.05) is 56.3 Å². The molecule has 0 aliphatic rings. The van der Waals surface area contributed by atoms with Crippen LogP contribution in [0.15, 0.2) is 57.5 Å². The van der Waals surface area contributed by atoms with Crippen LogP contribution < -0.4 is 16.0 Å². The van der Waals surface area contributed by atoms with E-state index in [1.165, 1.54) is 11.3 Å². The number of nitrogens with zero attached hydrogens (tertiary/aromatic N) is 2. The van der Waals surface area contributed by atoms with Crippen molar-refractivity contribution < 1.29 is 9.59 Å². The average molecular weight is 567 g/mol. The van der Waals surface area contributed by atoms with Crippen LogP contribution >= 0.6 is 43.2 Å². The fourth-order valence-electron chi connectivity index (χ4n) is 2.76. The van der Waals surface area contributed by atoms with Gasteiger partial charge in [-0.15, -0.1) is 10.2 Å². The van der Waals surface area contributed by atoms with Crippen LogP contribution in [0.5, 0.6) is 0 Å². The maximum atomic E-state index is 12.9. The Morgan fingerprint density at radius 1 is 1.06 bits per heavy atom. The molecule has 31 heavy (non-hydrogen) atoms. The third-order valence-corrected chi connectivity index (χ3v) is 6.70. The minimum Gasteiger partial charge on any atom is -0.326 e. The normalized spacial score (nSPS) is 12.6. The summed E-state index contributed by atoms with van der Waals surface area (Å²) in [5, 5.41) is 17.6. The van der Waals surface area contributed by atoms with Crippen molar-refractivity contribution in [1.29, 1.82) is 0 Å². The predicted molar refractivity (Wildman–Crippen MR) is 131 cm³/mol. The van der Waals surface area contributed by atoms with Gasteiger partial charge in [0, 0.05) is 14.5 Å². The largest absolute Gasteiger partial charge is 0.326 e. The van der Waals surface area contributed by atoms with Crippen molar-refractivity contribution in [2.45, 2.75) is 26.3 Å². The van der Waals surface area contributed by atoms with Gasteiger partial charge in [-0.3, -0.25) is 10.1 Å². The van der Waals surface area contributed by atoms with Crippen LogP contribution in [0.2, 0.25) is 0 Å². The van der Waals surface area contributed by atoms with Gasteiger partial charge in [0.25, 0.3) is 0 Å². The van der Waals surface area contributed by atoms with Crippen molar-refractivity contribution in [2.24, 2.45) is 5.92 Å². The van der Waals surface area contributed by atoms with Crippen LogP contribution in [-0.2, 0) is 4.79 Å². The van der Waals surface area contributed by atoms with Gasteiger partial charge in [-0.2, -0.15) is 0 Å². The number of rotatable bonds is 7. The van der Waals surface area contributed by atoms with Crippen LogP contribution in [0, 0.1) is 5.92 Å². The minimum absolute atomic E-state index is 0.0811. The number of benzene rings is 2. The van der Waals surface area contributed by atoms with Crippen LogP contribution in [0.1, 0.15) is 20.3 Å². The number of carbonyl (C=O) groups is 2. The molecule has 162 valence electrons. The van der Waals surface area contributed by atoms with Crippen molar-refractivity contribution in [3.05, 3.63) is 57.5 Å². The molecule has 0 radical (unpaired) electrons. The zero-order chi connectivity index (χ0) is 22.4. The van der Waals surface area contributed by atoms with Gasteiger partial charge in [-0.05, 0) is 46.1 Å². The van der Waals surface area contributed by atoms with E-state index >= 15 is 0 Å². The van der Waals surface area contributed by atoms with Gasteiger partial charge in [0.15, 0.2) is 0 Å². The molecule has 2 atom stereocenters. The van der Waals surface area contributed by atoms with Gasteiger partial charge < -0.3 is 10.6 Å². The van der Waals surface area contributed by atoms with Gasteiger partial charge >= 0.3 is 6.03 Å². The molecule has 0 saturated heterocycles. The molecular formula is C21H21Br2N5O2S. The number of anilines is 2. The summed E-state index contributed by atoms with van der Waals surface area (Å²) >= 11 is 8.11. The van der Waals surface area contributed by atoms with E-state index in [0.717, 1.165) is 14.5 Å². The summed E-state index contributed by atoms with van der Waals surface area (Å²) in [5.41, 5.74) is 1.52. The zero-order valence-corrected chi connectivity index (χ0v) is 20.8. The molecule has 3 amide bonds.